The molecule has 2 N–H and O–H groups in total. The van der Waals surface area contributed by atoms with Gasteiger partial charge in [0, 0.05) is 19.6 Å². The third-order valence-electron chi connectivity index (χ3n) is 3.04. The molecule has 1 saturated heterocycles. The molecule has 1 aliphatic heterocycles. The Kier molecular flexibility index (Phi) is 2.67. The average molecular weight is 207 g/mol. The van der Waals surface area contributed by atoms with E-state index >= 15 is 0 Å². The molecule has 0 aromatic heterocycles. The number of benzene rings is 1. The minimum Gasteiger partial charge on any atom is -0.508 e. The molecule has 0 radical (unpaired) electrons. The van der Waals surface area contributed by atoms with Gasteiger partial charge in [-0.15, -0.1) is 0 Å². The van der Waals surface area contributed by atoms with E-state index in [0.717, 1.165) is 26.1 Å². The van der Waals surface area contributed by atoms with E-state index in [1.807, 2.05) is 19.1 Å². The first-order valence-electron chi connectivity index (χ1n) is 5.34. The van der Waals surface area contributed by atoms with Crippen molar-refractivity contribution in [3.05, 3.63) is 29.8 Å². The van der Waals surface area contributed by atoms with Crippen molar-refractivity contribution < 1.29 is 10.2 Å². The van der Waals surface area contributed by atoms with Crippen LogP contribution in [0, 0.1) is 0 Å². The second-order valence-corrected chi connectivity index (χ2v) is 4.39. The van der Waals surface area contributed by atoms with Gasteiger partial charge >= 0.3 is 0 Å². The highest BCUT2D eigenvalue weighted by atomic mass is 16.3. The van der Waals surface area contributed by atoms with Crippen LogP contribution in [0.25, 0.3) is 0 Å². The van der Waals surface area contributed by atoms with Crippen LogP contribution in [0.3, 0.4) is 0 Å². The van der Waals surface area contributed by atoms with E-state index in [0.29, 0.717) is 5.75 Å². The molecule has 82 valence electrons. The second kappa shape index (κ2) is 3.83. The van der Waals surface area contributed by atoms with Crippen LogP contribution in [-0.4, -0.2) is 33.8 Å². The fourth-order valence-corrected chi connectivity index (χ4v) is 1.98. The fraction of sp³-hybridized carbons (Fsp3) is 0.500. The Bertz CT molecular complexity index is 328. The van der Waals surface area contributed by atoms with Crippen molar-refractivity contribution in [3.63, 3.8) is 0 Å². The first-order chi connectivity index (χ1) is 7.11. The maximum absolute atomic E-state index is 9.83. The van der Waals surface area contributed by atoms with E-state index in [9.17, 15) is 5.11 Å². The van der Waals surface area contributed by atoms with E-state index in [4.69, 9.17) is 5.11 Å². The Morgan fingerprint density at radius 2 is 1.87 bits per heavy atom. The molecule has 0 bridgehead atoms. The van der Waals surface area contributed by atoms with E-state index in [1.165, 1.54) is 5.56 Å². The Labute approximate surface area is 90.0 Å². The van der Waals surface area contributed by atoms with Crippen molar-refractivity contribution in [2.75, 3.05) is 13.1 Å². The molecule has 3 heteroatoms. The van der Waals surface area contributed by atoms with Gasteiger partial charge in [0.05, 0.1) is 5.60 Å². The molecule has 1 aromatic carbocycles. The average Bonchev–Trinajstić information content (AvgIpc) is 2.19. The monoisotopic (exact) mass is 207 g/mol. The number of likely N-dealkylation sites (tertiary alicyclic amines) is 1. The van der Waals surface area contributed by atoms with Crippen LogP contribution >= 0.6 is 0 Å². The third-order valence-corrected chi connectivity index (χ3v) is 3.04. The Hall–Kier alpha value is -1.06. The smallest absolute Gasteiger partial charge is 0.115 e. The lowest BCUT2D eigenvalue weighted by atomic mass is 9.91. The summed E-state index contributed by atoms with van der Waals surface area (Å²) in [4.78, 5) is 2.20. The topological polar surface area (TPSA) is 43.7 Å². The summed E-state index contributed by atoms with van der Waals surface area (Å²) in [6.45, 7) is 4.37. The van der Waals surface area contributed by atoms with Crippen LogP contribution in [0.15, 0.2) is 24.3 Å². The Morgan fingerprint density at radius 3 is 2.40 bits per heavy atom. The number of phenolic OH excluding ortho intramolecular Hbond substituents is 1. The van der Waals surface area contributed by atoms with Gasteiger partial charge in [0.1, 0.15) is 5.75 Å². The zero-order valence-corrected chi connectivity index (χ0v) is 8.98. The van der Waals surface area contributed by atoms with Gasteiger partial charge in [0.15, 0.2) is 0 Å². The lowest BCUT2D eigenvalue weighted by Crippen LogP contribution is -2.60. The molecule has 1 aromatic rings. The van der Waals surface area contributed by atoms with E-state index in [1.54, 1.807) is 12.1 Å². The van der Waals surface area contributed by atoms with Gasteiger partial charge in [0.25, 0.3) is 0 Å². The molecule has 1 aliphatic rings. The maximum Gasteiger partial charge on any atom is 0.115 e. The van der Waals surface area contributed by atoms with Crippen LogP contribution in [-0.2, 0) is 6.54 Å². The molecule has 3 nitrogen and oxygen atoms in total. The largest absolute Gasteiger partial charge is 0.508 e. The van der Waals surface area contributed by atoms with Gasteiger partial charge in [-0.3, -0.25) is 4.90 Å². The standard InChI is InChI=1S/C12H17NO2/c1-2-12(15)8-13(9-12)7-10-3-5-11(14)6-4-10/h3-6,14-15H,2,7-9H2,1H3. The third kappa shape index (κ3) is 2.30. The summed E-state index contributed by atoms with van der Waals surface area (Å²) in [5, 5.41) is 19.0. The molecular formula is C12H17NO2. The van der Waals surface area contributed by atoms with Crippen molar-refractivity contribution in [2.45, 2.75) is 25.5 Å². The minimum absolute atomic E-state index is 0.299. The molecule has 0 spiro atoms. The van der Waals surface area contributed by atoms with E-state index in [-0.39, 0.29) is 0 Å². The quantitative estimate of drug-likeness (QED) is 0.786. The lowest BCUT2D eigenvalue weighted by molar-refractivity contribution is -0.103. The summed E-state index contributed by atoms with van der Waals surface area (Å²) in [7, 11) is 0. The molecule has 0 saturated carbocycles. The van der Waals surface area contributed by atoms with Crippen molar-refractivity contribution in [3.8, 4) is 5.75 Å². The van der Waals surface area contributed by atoms with Gasteiger partial charge in [0.2, 0.25) is 0 Å². The highest BCUT2D eigenvalue weighted by Crippen LogP contribution is 2.25. The van der Waals surface area contributed by atoms with Gasteiger partial charge in [-0.1, -0.05) is 19.1 Å². The number of aliphatic hydroxyl groups is 1. The molecule has 2 rings (SSSR count). The summed E-state index contributed by atoms with van der Waals surface area (Å²) in [5.41, 5.74) is 0.711. The Morgan fingerprint density at radius 1 is 1.27 bits per heavy atom. The number of rotatable bonds is 3. The predicted molar refractivity (Wildman–Crippen MR) is 58.6 cm³/mol. The fourth-order valence-electron chi connectivity index (χ4n) is 1.98. The van der Waals surface area contributed by atoms with Crippen molar-refractivity contribution in [2.24, 2.45) is 0 Å². The lowest BCUT2D eigenvalue weighted by Gasteiger charge is -2.46. The molecule has 0 amide bonds. The molecule has 0 aliphatic carbocycles. The zero-order valence-electron chi connectivity index (χ0n) is 8.98. The zero-order chi connectivity index (χ0) is 10.9. The SMILES string of the molecule is CCC1(O)CN(Cc2ccc(O)cc2)C1. The van der Waals surface area contributed by atoms with Crippen molar-refractivity contribution >= 4 is 0 Å². The summed E-state index contributed by atoms with van der Waals surface area (Å²) >= 11 is 0. The van der Waals surface area contributed by atoms with Gasteiger partial charge in [-0.25, -0.2) is 0 Å². The van der Waals surface area contributed by atoms with Gasteiger partial charge in [-0.2, -0.15) is 0 Å². The molecule has 1 heterocycles. The van der Waals surface area contributed by atoms with Crippen LogP contribution < -0.4 is 0 Å². The highest BCUT2D eigenvalue weighted by molar-refractivity contribution is 5.26. The second-order valence-electron chi connectivity index (χ2n) is 4.39. The number of hydrogen-bond acceptors (Lipinski definition) is 3. The van der Waals surface area contributed by atoms with Gasteiger partial charge in [-0.05, 0) is 24.1 Å². The number of phenols is 1. The Balaban J connectivity index is 1.87. The number of hydrogen-bond donors (Lipinski definition) is 2. The molecule has 0 atom stereocenters. The van der Waals surface area contributed by atoms with E-state index < -0.39 is 5.60 Å². The van der Waals surface area contributed by atoms with Crippen molar-refractivity contribution in [1.29, 1.82) is 0 Å². The summed E-state index contributed by atoms with van der Waals surface area (Å²) in [5.74, 6) is 0.299. The number of nitrogens with zero attached hydrogens (tertiary/aromatic N) is 1. The molecule has 1 fully saturated rings. The minimum atomic E-state index is -0.461. The first-order valence-corrected chi connectivity index (χ1v) is 5.34. The van der Waals surface area contributed by atoms with Gasteiger partial charge < -0.3 is 10.2 Å². The normalized spacial score (nSPS) is 19.9. The summed E-state index contributed by atoms with van der Waals surface area (Å²) < 4.78 is 0. The summed E-state index contributed by atoms with van der Waals surface area (Å²) in [6.07, 6.45) is 0.819. The maximum atomic E-state index is 9.83. The van der Waals surface area contributed by atoms with Crippen LogP contribution in [0.4, 0.5) is 0 Å². The molecular weight excluding hydrogens is 190 g/mol. The molecule has 15 heavy (non-hydrogen) atoms. The van der Waals surface area contributed by atoms with Crippen LogP contribution in [0.1, 0.15) is 18.9 Å². The molecule has 0 unspecified atom stereocenters. The highest BCUT2D eigenvalue weighted by Gasteiger charge is 2.38. The first kappa shape index (κ1) is 10.5. The van der Waals surface area contributed by atoms with E-state index in [2.05, 4.69) is 4.90 Å². The van der Waals surface area contributed by atoms with Crippen molar-refractivity contribution in [1.82, 2.24) is 4.90 Å². The van der Waals surface area contributed by atoms with Crippen LogP contribution in [0.2, 0.25) is 0 Å². The predicted octanol–water partition coefficient (Wildman–Crippen LogP) is 1.35. The number of aromatic hydroxyl groups is 1. The number of β-amino-alcohol motifs (C(OH)–C–C–N with tert-alkyl or cyclic N) is 1. The van der Waals surface area contributed by atoms with Crippen LogP contribution in [0.5, 0.6) is 5.75 Å². The summed E-state index contributed by atoms with van der Waals surface area (Å²) in [6, 6.07) is 7.22.